The number of halogens is 4. The van der Waals surface area contributed by atoms with E-state index in [1.165, 1.54) is 12.1 Å². The van der Waals surface area contributed by atoms with E-state index in [-0.39, 0.29) is 23.2 Å². The number of hydrogen-bond donors (Lipinski definition) is 2. The molecule has 0 bridgehead atoms. The number of amides is 1. The Morgan fingerprint density at radius 1 is 1.06 bits per heavy atom. The molecule has 2 aromatic rings. The lowest BCUT2D eigenvalue weighted by Gasteiger charge is -2.17. The van der Waals surface area contributed by atoms with Crippen molar-refractivity contribution in [1.29, 1.82) is 0 Å². The summed E-state index contributed by atoms with van der Waals surface area (Å²) < 4.78 is 64.7. The fraction of sp³-hybridized carbons (Fsp3) is 0.364. The first-order valence-electron chi connectivity index (χ1n) is 9.64. The minimum Gasteiger partial charge on any atom is -0.479 e. The van der Waals surface area contributed by atoms with Gasteiger partial charge >= 0.3 is 12.1 Å². The number of anilines is 1. The van der Waals surface area contributed by atoms with Crippen LogP contribution in [0, 0.1) is 11.6 Å². The number of carbonyl (C=O) groups is 2. The van der Waals surface area contributed by atoms with Gasteiger partial charge in [0.25, 0.3) is 5.92 Å². The number of carboxylic acid groups (broad SMARTS) is 1. The molecule has 0 aliphatic rings. The Labute approximate surface area is 182 Å². The van der Waals surface area contributed by atoms with Gasteiger partial charge in [-0.2, -0.15) is 0 Å². The quantitative estimate of drug-likeness (QED) is 0.503. The SMILES string of the molecule is CC(C)OC(Cc1cc(NC(=O)OCc2ccc(C(C)(F)F)cc2F)ccc1F)C(=O)O. The smallest absolute Gasteiger partial charge is 0.411 e. The molecule has 2 aromatic carbocycles. The van der Waals surface area contributed by atoms with Gasteiger partial charge in [-0.1, -0.05) is 12.1 Å². The standard InChI is InChI=1S/C22H23F4NO5/c1-12(2)32-19(20(28)29)9-14-8-16(6-7-17(14)23)27-21(30)31-11-13-4-5-15(10-18(13)24)22(3,25)26/h4-8,10,12,19H,9,11H2,1-3H3,(H,27,30)(H,28,29). The van der Waals surface area contributed by atoms with Gasteiger partial charge in [0, 0.05) is 30.2 Å². The van der Waals surface area contributed by atoms with Crippen LogP contribution in [-0.2, 0) is 33.2 Å². The molecular weight excluding hydrogens is 434 g/mol. The van der Waals surface area contributed by atoms with Crippen molar-refractivity contribution < 1.29 is 41.7 Å². The molecule has 32 heavy (non-hydrogen) atoms. The molecule has 1 amide bonds. The highest BCUT2D eigenvalue weighted by molar-refractivity contribution is 5.84. The van der Waals surface area contributed by atoms with Gasteiger partial charge in [-0.15, -0.1) is 0 Å². The van der Waals surface area contributed by atoms with Crippen molar-refractivity contribution >= 4 is 17.7 Å². The summed E-state index contributed by atoms with van der Waals surface area (Å²) in [6, 6.07) is 6.30. The third-order valence-corrected chi connectivity index (χ3v) is 4.33. The summed E-state index contributed by atoms with van der Waals surface area (Å²) in [6.45, 7) is 3.40. The van der Waals surface area contributed by atoms with Gasteiger partial charge in [-0.25, -0.2) is 27.2 Å². The summed E-state index contributed by atoms with van der Waals surface area (Å²) in [7, 11) is 0. The Kier molecular flexibility index (Phi) is 8.20. The van der Waals surface area contributed by atoms with E-state index in [1.807, 2.05) is 0 Å². The first-order chi connectivity index (χ1) is 14.9. The molecule has 0 saturated heterocycles. The predicted molar refractivity (Wildman–Crippen MR) is 108 cm³/mol. The second-order valence-electron chi connectivity index (χ2n) is 7.42. The van der Waals surface area contributed by atoms with Crippen LogP contribution in [-0.4, -0.2) is 29.4 Å². The lowest BCUT2D eigenvalue weighted by atomic mass is 10.1. The Morgan fingerprint density at radius 2 is 1.75 bits per heavy atom. The molecule has 0 heterocycles. The van der Waals surface area contributed by atoms with Crippen LogP contribution in [0.5, 0.6) is 0 Å². The van der Waals surface area contributed by atoms with Crippen LogP contribution in [0.1, 0.15) is 37.5 Å². The fourth-order valence-corrected chi connectivity index (χ4v) is 2.77. The normalized spacial score (nSPS) is 12.5. The Bertz CT molecular complexity index is 975. The minimum atomic E-state index is -3.21. The van der Waals surface area contributed by atoms with Crippen LogP contribution < -0.4 is 5.32 Å². The number of carboxylic acids is 1. The fourth-order valence-electron chi connectivity index (χ4n) is 2.77. The molecular formula is C22H23F4NO5. The lowest BCUT2D eigenvalue weighted by Crippen LogP contribution is -2.29. The van der Waals surface area contributed by atoms with Crippen molar-refractivity contribution in [2.45, 2.75) is 51.9 Å². The molecule has 1 unspecified atom stereocenters. The molecule has 6 nitrogen and oxygen atoms in total. The molecule has 2 N–H and O–H groups in total. The lowest BCUT2D eigenvalue weighted by molar-refractivity contribution is -0.153. The average molecular weight is 457 g/mol. The van der Waals surface area contributed by atoms with E-state index in [2.05, 4.69) is 5.32 Å². The van der Waals surface area contributed by atoms with E-state index in [0.29, 0.717) is 13.0 Å². The van der Waals surface area contributed by atoms with Gasteiger partial charge in [0.2, 0.25) is 0 Å². The second-order valence-corrected chi connectivity index (χ2v) is 7.42. The number of nitrogens with one attached hydrogen (secondary N) is 1. The molecule has 1 atom stereocenters. The third-order valence-electron chi connectivity index (χ3n) is 4.33. The zero-order chi connectivity index (χ0) is 24.1. The van der Waals surface area contributed by atoms with Crippen LogP contribution in [0.3, 0.4) is 0 Å². The van der Waals surface area contributed by atoms with E-state index >= 15 is 0 Å². The van der Waals surface area contributed by atoms with Crippen molar-refractivity contribution in [2.24, 2.45) is 0 Å². The highest BCUT2D eigenvalue weighted by atomic mass is 19.3. The van der Waals surface area contributed by atoms with Crippen LogP contribution in [0.25, 0.3) is 0 Å². The maximum atomic E-state index is 14.1. The van der Waals surface area contributed by atoms with Crippen molar-refractivity contribution in [3.8, 4) is 0 Å². The molecule has 0 aromatic heterocycles. The molecule has 0 aliphatic carbocycles. The monoisotopic (exact) mass is 457 g/mol. The van der Waals surface area contributed by atoms with Gasteiger partial charge in [0.1, 0.15) is 18.2 Å². The Balaban J connectivity index is 2.03. The van der Waals surface area contributed by atoms with Crippen LogP contribution in [0.2, 0.25) is 0 Å². The molecule has 2 rings (SSSR count). The van der Waals surface area contributed by atoms with Gasteiger partial charge in [-0.3, -0.25) is 5.32 Å². The maximum Gasteiger partial charge on any atom is 0.411 e. The predicted octanol–water partition coefficient (Wildman–Crippen LogP) is 5.25. The number of aliphatic carboxylic acids is 1. The van der Waals surface area contributed by atoms with Crippen LogP contribution in [0.15, 0.2) is 36.4 Å². The zero-order valence-corrected chi connectivity index (χ0v) is 17.6. The van der Waals surface area contributed by atoms with Crippen molar-refractivity contribution in [3.63, 3.8) is 0 Å². The number of hydrogen-bond acceptors (Lipinski definition) is 4. The van der Waals surface area contributed by atoms with Crippen LogP contribution >= 0.6 is 0 Å². The molecule has 174 valence electrons. The second kappa shape index (κ2) is 10.4. The Hall–Kier alpha value is -3.14. The van der Waals surface area contributed by atoms with E-state index in [9.17, 15) is 32.3 Å². The molecule has 0 fully saturated rings. The van der Waals surface area contributed by atoms with E-state index in [4.69, 9.17) is 9.47 Å². The van der Waals surface area contributed by atoms with E-state index < -0.39 is 54.0 Å². The van der Waals surface area contributed by atoms with Crippen molar-refractivity contribution in [3.05, 3.63) is 64.7 Å². The van der Waals surface area contributed by atoms with E-state index in [0.717, 1.165) is 18.2 Å². The van der Waals surface area contributed by atoms with Gasteiger partial charge in [0.05, 0.1) is 6.10 Å². The summed E-state index contributed by atoms with van der Waals surface area (Å²) in [6.07, 6.45) is -2.95. The molecule has 0 spiro atoms. The summed E-state index contributed by atoms with van der Waals surface area (Å²) in [4.78, 5) is 23.3. The molecule has 10 heteroatoms. The summed E-state index contributed by atoms with van der Waals surface area (Å²) >= 11 is 0. The summed E-state index contributed by atoms with van der Waals surface area (Å²) in [5.74, 6) is -6.11. The number of ether oxygens (including phenoxy) is 2. The average Bonchev–Trinajstić information content (AvgIpc) is 2.67. The van der Waals surface area contributed by atoms with Crippen LogP contribution in [0.4, 0.5) is 28.0 Å². The number of carbonyl (C=O) groups excluding carboxylic acids is 1. The largest absolute Gasteiger partial charge is 0.479 e. The number of alkyl halides is 2. The van der Waals surface area contributed by atoms with E-state index in [1.54, 1.807) is 13.8 Å². The molecule has 0 saturated carbocycles. The highest BCUT2D eigenvalue weighted by Gasteiger charge is 2.25. The zero-order valence-electron chi connectivity index (χ0n) is 17.6. The highest BCUT2D eigenvalue weighted by Crippen LogP contribution is 2.28. The van der Waals surface area contributed by atoms with Crippen molar-refractivity contribution in [2.75, 3.05) is 5.32 Å². The van der Waals surface area contributed by atoms with Crippen molar-refractivity contribution in [1.82, 2.24) is 0 Å². The maximum absolute atomic E-state index is 14.1. The summed E-state index contributed by atoms with van der Waals surface area (Å²) in [5.41, 5.74) is -0.509. The van der Waals surface area contributed by atoms with Gasteiger partial charge in [0.15, 0.2) is 6.10 Å². The topological polar surface area (TPSA) is 84.9 Å². The van der Waals surface area contributed by atoms with Gasteiger partial charge < -0.3 is 14.6 Å². The number of rotatable bonds is 9. The third kappa shape index (κ3) is 7.23. The molecule has 0 aliphatic heterocycles. The Morgan fingerprint density at radius 3 is 2.31 bits per heavy atom. The first kappa shape index (κ1) is 25.1. The minimum absolute atomic E-state index is 0.00187. The summed E-state index contributed by atoms with van der Waals surface area (Å²) in [5, 5.41) is 11.6. The van der Waals surface area contributed by atoms with Gasteiger partial charge in [-0.05, 0) is 43.7 Å². The first-order valence-corrected chi connectivity index (χ1v) is 9.64. The number of benzene rings is 2. The molecule has 0 radical (unpaired) electrons.